The molecular weight excluding hydrogens is 220 g/mol. The van der Waals surface area contributed by atoms with Gasteiger partial charge in [0.1, 0.15) is 0 Å². The monoisotopic (exact) mass is 246 g/mol. The van der Waals surface area contributed by atoms with Crippen LogP contribution in [0.15, 0.2) is 0 Å². The van der Waals surface area contributed by atoms with E-state index in [1.807, 2.05) is 13.8 Å². The van der Waals surface area contributed by atoms with E-state index >= 15 is 0 Å². The normalized spacial score (nSPS) is 23.3. The van der Waals surface area contributed by atoms with Crippen molar-refractivity contribution >= 4 is 0 Å². The van der Waals surface area contributed by atoms with Crippen molar-refractivity contribution in [2.24, 2.45) is 5.92 Å². The lowest BCUT2D eigenvalue weighted by Gasteiger charge is -2.28. The van der Waals surface area contributed by atoms with Gasteiger partial charge in [0.2, 0.25) is 0 Å². The molecule has 4 nitrogen and oxygen atoms in total. The molecule has 0 spiro atoms. The first-order chi connectivity index (χ1) is 8.13. The molecule has 3 atom stereocenters. The maximum absolute atomic E-state index is 9.94. The van der Waals surface area contributed by atoms with E-state index in [1.54, 1.807) is 0 Å². The number of hydrogen-bond acceptors (Lipinski definition) is 4. The van der Waals surface area contributed by atoms with Gasteiger partial charge in [-0.1, -0.05) is 19.3 Å². The molecule has 0 radical (unpaired) electrons. The van der Waals surface area contributed by atoms with E-state index < -0.39 is 6.29 Å². The third-order valence-corrected chi connectivity index (χ3v) is 3.30. The van der Waals surface area contributed by atoms with Crippen LogP contribution in [0, 0.1) is 5.92 Å². The highest BCUT2D eigenvalue weighted by Crippen LogP contribution is 2.27. The Hall–Kier alpha value is -0.160. The van der Waals surface area contributed by atoms with Gasteiger partial charge in [0.05, 0.1) is 25.4 Å². The average molecular weight is 246 g/mol. The molecule has 0 heterocycles. The molecule has 0 aromatic carbocycles. The summed E-state index contributed by atoms with van der Waals surface area (Å²) in [5.74, 6) is 0.279. The van der Waals surface area contributed by atoms with Crippen LogP contribution in [0.25, 0.3) is 0 Å². The molecule has 1 aliphatic carbocycles. The third kappa shape index (κ3) is 5.82. The SMILES string of the molecule is CC(CO)OCC(C)OC(O)C1CCCCC1. The van der Waals surface area contributed by atoms with Crippen LogP contribution in [0.5, 0.6) is 0 Å². The van der Waals surface area contributed by atoms with Crippen molar-refractivity contribution in [2.75, 3.05) is 13.2 Å². The van der Waals surface area contributed by atoms with Crippen LogP contribution in [0.4, 0.5) is 0 Å². The lowest BCUT2D eigenvalue weighted by Crippen LogP contribution is -2.32. The van der Waals surface area contributed by atoms with Crippen molar-refractivity contribution in [2.45, 2.75) is 64.4 Å². The summed E-state index contributed by atoms with van der Waals surface area (Å²) in [6.07, 6.45) is 4.79. The maximum atomic E-state index is 9.94. The molecule has 1 saturated carbocycles. The zero-order chi connectivity index (χ0) is 12.7. The summed E-state index contributed by atoms with van der Waals surface area (Å²) in [5, 5.41) is 18.8. The van der Waals surface area contributed by atoms with E-state index in [0.29, 0.717) is 6.61 Å². The van der Waals surface area contributed by atoms with Crippen LogP contribution in [-0.4, -0.2) is 41.9 Å². The number of aliphatic hydroxyl groups is 2. The summed E-state index contributed by atoms with van der Waals surface area (Å²) in [7, 11) is 0. The van der Waals surface area contributed by atoms with Crippen LogP contribution < -0.4 is 0 Å². The predicted octanol–water partition coefficient (Wildman–Crippen LogP) is 1.69. The van der Waals surface area contributed by atoms with Gasteiger partial charge < -0.3 is 19.7 Å². The first kappa shape index (κ1) is 14.9. The fourth-order valence-corrected chi connectivity index (χ4v) is 2.16. The minimum absolute atomic E-state index is 0.0118. The van der Waals surface area contributed by atoms with Gasteiger partial charge in [-0.05, 0) is 26.7 Å². The second-order valence-electron chi connectivity index (χ2n) is 5.06. The van der Waals surface area contributed by atoms with Gasteiger partial charge >= 0.3 is 0 Å². The summed E-state index contributed by atoms with van der Waals surface area (Å²) in [6, 6.07) is 0. The number of hydrogen-bond donors (Lipinski definition) is 2. The van der Waals surface area contributed by atoms with Crippen LogP contribution in [0.1, 0.15) is 46.0 Å². The maximum Gasteiger partial charge on any atom is 0.157 e. The molecule has 17 heavy (non-hydrogen) atoms. The zero-order valence-electron chi connectivity index (χ0n) is 11.0. The van der Waals surface area contributed by atoms with E-state index in [9.17, 15) is 5.11 Å². The highest BCUT2D eigenvalue weighted by Gasteiger charge is 2.23. The van der Waals surface area contributed by atoms with Gasteiger partial charge in [-0.3, -0.25) is 0 Å². The minimum atomic E-state index is -0.668. The topological polar surface area (TPSA) is 58.9 Å². The van der Waals surface area contributed by atoms with Crippen LogP contribution in [0.2, 0.25) is 0 Å². The van der Waals surface area contributed by atoms with E-state index in [4.69, 9.17) is 14.6 Å². The van der Waals surface area contributed by atoms with Crippen molar-refractivity contribution in [1.82, 2.24) is 0 Å². The second-order valence-corrected chi connectivity index (χ2v) is 5.06. The molecule has 2 N–H and O–H groups in total. The molecule has 1 fully saturated rings. The minimum Gasteiger partial charge on any atom is -0.394 e. The molecule has 0 aliphatic heterocycles. The lowest BCUT2D eigenvalue weighted by molar-refractivity contribution is -0.182. The Balaban J connectivity index is 2.17. The summed E-state index contributed by atoms with van der Waals surface area (Å²) >= 11 is 0. The highest BCUT2D eigenvalue weighted by molar-refractivity contribution is 4.68. The Morgan fingerprint density at radius 1 is 1.12 bits per heavy atom. The van der Waals surface area contributed by atoms with Crippen LogP contribution in [0.3, 0.4) is 0 Å². The summed E-state index contributed by atoms with van der Waals surface area (Å²) < 4.78 is 10.9. The molecular formula is C13H26O4. The fourth-order valence-electron chi connectivity index (χ4n) is 2.16. The van der Waals surface area contributed by atoms with E-state index in [-0.39, 0.29) is 24.7 Å². The molecule has 1 aliphatic rings. The van der Waals surface area contributed by atoms with Crippen LogP contribution >= 0.6 is 0 Å². The molecule has 0 amide bonds. The summed E-state index contributed by atoms with van der Waals surface area (Å²) in [6.45, 7) is 4.11. The Bertz CT molecular complexity index is 192. The Kier molecular flexibility index (Phi) is 7.04. The Labute approximate surface area is 104 Å². The van der Waals surface area contributed by atoms with E-state index in [1.165, 1.54) is 19.3 Å². The lowest BCUT2D eigenvalue weighted by atomic mass is 9.89. The fraction of sp³-hybridized carbons (Fsp3) is 1.00. The first-order valence-corrected chi connectivity index (χ1v) is 6.69. The number of ether oxygens (including phenoxy) is 2. The molecule has 0 bridgehead atoms. The predicted molar refractivity (Wildman–Crippen MR) is 65.6 cm³/mol. The van der Waals surface area contributed by atoms with Crippen molar-refractivity contribution in [3.05, 3.63) is 0 Å². The number of rotatable bonds is 7. The largest absolute Gasteiger partial charge is 0.394 e. The molecule has 102 valence electrons. The van der Waals surface area contributed by atoms with Crippen LogP contribution in [-0.2, 0) is 9.47 Å². The van der Waals surface area contributed by atoms with Crippen molar-refractivity contribution < 1.29 is 19.7 Å². The third-order valence-electron chi connectivity index (χ3n) is 3.30. The zero-order valence-corrected chi connectivity index (χ0v) is 11.0. The summed E-state index contributed by atoms with van der Waals surface area (Å²) in [4.78, 5) is 0. The molecule has 0 aromatic rings. The Morgan fingerprint density at radius 3 is 2.35 bits per heavy atom. The molecule has 0 aromatic heterocycles. The van der Waals surface area contributed by atoms with Crippen molar-refractivity contribution in [3.63, 3.8) is 0 Å². The smallest absolute Gasteiger partial charge is 0.157 e. The second kappa shape index (κ2) is 8.03. The van der Waals surface area contributed by atoms with Gasteiger partial charge in [-0.25, -0.2) is 0 Å². The highest BCUT2D eigenvalue weighted by atomic mass is 16.6. The Morgan fingerprint density at radius 2 is 1.76 bits per heavy atom. The van der Waals surface area contributed by atoms with E-state index in [0.717, 1.165) is 12.8 Å². The standard InChI is InChI=1S/C13H26O4/c1-10(8-14)16-9-11(2)17-13(15)12-6-4-3-5-7-12/h10-15H,3-9H2,1-2H3. The van der Waals surface area contributed by atoms with Gasteiger partial charge in [-0.15, -0.1) is 0 Å². The van der Waals surface area contributed by atoms with Gasteiger partial charge in [0, 0.05) is 5.92 Å². The first-order valence-electron chi connectivity index (χ1n) is 6.69. The average Bonchev–Trinajstić information content (AvgIpc) is 2.36. The molecule has 4 heteroatoms. The quantitative estimate of drug-likeness (QED) is 0.671. The van der Waals surface area contributed by atoms with Crippen molar-refractivity contribution in [1.29, 1.82) is 0 Å². The molecule has 1 rings (SSSR count). The van der Waals surface area contributed by atoms with Crippen molar-refractivity contribution in [3.8, 4) is 0 Å². The molecule has 0 saturated heterocycles. The number of aliphatic hydroxyl groups excluding tert-OH is 2. The molecule has 3 unspecified atom stereocenters. The van der Waals surface area contributed by atoms with Gasteiger partial charge in [0.25, 0.3) is 0 Å². The van der Waals surface area contributed by atoms with E-state index in [2.05, 4.69) is 0 Å². The summed E-state index contributed by atoms with van der Waals surface area (Å²) in [5.41, 5.74) is 0. The van der Waals surface area contributed by atoms with Gasteiger partial charge in [-0.2, -0.15) is 0 Å². The van der Waals surface area contributed by atoms with Gasteiger partial charge in [0.15, 0.2) is 6.29 Å².